The second kappa shape index (κ2) is 5.01. The number of nitrogens with zero attached hydrogens (tertiary/aromatic N) is 1. The van der Waals surface area contributed by atoms with Crippen molar-refractivity contribution in [2.45, 2.75) is 18.9 Å². The Morgan fingerprint density at radius 3 is 2.68 bits per heavy atom. The first-order valence-electron chi connectivity index (χ1n) is 5.60. The van der Waals surface area contributed by atoms with Gasteiger partial charge in [0.15, 0.2) is 5.78 Å². The number of hydrogen-bond acceptors (Lipinski definition) is 5. The van der Waals surface area contributed by atoms with Crippen molar-refractivity contribution >= 4 is 29.1 Å². The van der Waals surface area contributed by atoms with Gasteiger partial charge in [-0.25, -0.2) is 4.79 Å². The molecule has 0 spiro atoms. The Morgan fingerprint density at radius 1 is 1.42 bits per heavy atom. The Balaban J connectivity index is 2.34. The van der Waals surface area contributed by atoms with E-state index in [1.165, 1.54) is 14.0 Å². The van der Waals surface area contributed by atoms with Crippen LogP contribution >= 0.6 is 11.6 Å². The van der Waals surface area contributed by atoms with Gasteiger partial charge in [0.05, 0.1) is 19.2 Å². The van der Waals surface area contributed by atoms with Crippen molar-refractivity contribution in [1.82, 2.24) is 0 Å². The van der Waals surface area contributed by atoms with Gasteiger partial charge in [-0.2, -0.15) is 0 Å². The molecule has 0 bridgehead atoms. The van der Waals surface area contributed by atoms with E-state index in [1.54, 1.807) is 24.3 Å². The van der Waals surface area contributed by atoms with Crippen molar-refractivity contribution < 1.29 is 19.2 Å². The quantitative estimate of drug-likeness (QED) is 0.627. The van der Waals surface area contributed by atoms with Crippen LogP contribution in [0.1, 0.15) is 18.9 Å². The van der Waals surface area contributed by atoms with Crippen molar-refractivity contribution in [3.63, 3.8) is 0 Å². The molecule has 6 heteroatoms. The summed E-state index contributed by atoms with van der Waals surface area (Å²) in [5.41, 5.74) is -0.606. The van der Waals surface area contributed by atoms with Crippen molar-refractivity contribution in [2.75, 3.05) is 7.11 Å². The number of halogens is 1. The van der Waals surface area contributed by atoms with E-state index in [9.17, 15) is 9.59 Å². The lowest BCUT2D eigenvalue weighted by Gasteiger charge is -2.19. The number of oxime groups is 1. The molecule has 0 radical (unpaired) electrons. The maximum absolute atomic E-state index is 11.8. The number of ketones is 1. The molecule has 1 unspecified atom stereocenters. The second-order valence-corrected chi connectivity index (χ2v) is 4.57. The standard InChI is InChI=1S/C13H12ClNO4/c1-8(16)13(12(17)18-2)7-11(15-19-13)9-5-3-4-6-10(9)14/h3-6H,7H2,1-2H3. The van der Waals surface area contributed by atoms with Crippen LogP contribution in [0.25, 0.3) is 0 Å². The first-order chi connectivity index (χ1) is 9.01. The second-order valence-electron chi connectivity index (χ2n) is 4.16. The molecule has 0 saturated carbocycles. The third-order valence-corrected chi connectivity index (χ3v) is 3.33. The molecule has 100 valence electrons. The van der Waals surface area contributed by atoms with E-state index >= 15 is 0 Å². The third-order valence-electron chi connectivity index (χ3n) is 3.00. The van der Waals surface area contributed by atoms with Crippen LogP contribution in [0.5, 0.6) is 0 Å². The summed E-state index contributed by atoms with van der Waals surface area (Å²) in [7, 11) is 1.20. The summed E-state index contributed by atoms with van der Waals surface area (Å²) in [5, 5.41) is 4.30. The highest BCUT2D eigenvalue weighted by Gasteiger charge is 2.52. The van der Waals surface area contributed by atoms with Crippen molar-refractivity contribution in [2.24, 2.45) is 5.16 Å². The van der Waals surface area contributed by atoms with Crippen LogP contribution in [0, 0.1) is 0 Å². The van der Waals surface area contributed by atoms with Crippen LogP contribution < -0.4 is 0 Å². The molecular formula is C13H12ClNO4. The van der Waals surface area contributed by atoms with Gasteiger partial charge in [0.2, 0.25) is 0 Å². The largest absolute Gasteiger partial charge is 0.466 e. The van der Waals surface area contributed by atoms with E-state index in [4.69, 9.17) is 16.4 Å². The Morgan fingerprint density at radius 2 is 2.11 bits per heavy atom. The Kier molecular flexibility index (Phi) is 3.57. The molecule has 1 atom stereocenters. The summed E-state index contributed by atoms with van der Waals surface area (Å²) in [6.45, 7) is 1.27. The minimum absolute atomic E-state index is 0.0126. The Hall–Kier alpha value is -1.88. The average Bonchev–Trinajstić information content (AvgIpc) is 2.84. The van der Waals surface area contributed by atoms with Crippen LogP contribution in [-0.4, -0.2) is 30.2 Å². The van der Waals surface area contributed by atoms with Crippen LogP contribution in [-0.2, 0) is 19.2 Å². The summed E-state index contributed by atoms with van der Waals surface area (Å²) < 4.78 is 4.62. The lowest BCUT2D eigenvalue weighted by atomic mass is 9.91. The van der Waals surface area contributed by atoms with Gasteiger partial charge >= 0.3 is 5.97 Å². The molecule has 0 amide bonds. The minimum Gasteiger partial charge on any atom is -0.466 e. The summed E-state index contributed by atoms with van der Waals surface area (Å²) in [6, 6.07) is 7.01. The molecule has 1 aromatic rings. The predicted molar refractivity (Wildman–Crippen MR) is 69.1 cm³/mol. The molecule has 0 N–H and O–H groups in total. The zero-order valence-corrected chi connectivity index (χ0v) is 11.2. The van der Waals surface area contributed by atoms with Gasteiger partial charge in [0, 0.05) is 10.6 Å². The lowest BCUT2D eigenvalue weighted by molar-refractivity contribution is -0.171. The van der Waals surface area contributed by atoms with Crippen LogP contribution in [0.15, 0.2) is 29.4 Å². The lowest BCUT2D eigenvalue weighted by Crippen LogP contribution is -2.46. The van der Waals surface area contributed by atoms with Gasteiger partial charge in [-0.15, -0.1) is 0 Å². The highest BCUT2D eigenvalue weighted by molar-refractivity contribution is 6.34. The van der Waals surface area contributed by atoms with Crippen molar-refractivity contribution in [3.8, 4) is 0 Å². The zero-order chi connectivity index (χ0) is 14.0. The molecule has 1 heterocycles. The monoisotopic (exact) mass is 281 g/mol. The number of Topliss-reactive ketones (excluding diaryl/α,β-unsaturated/α-hetero) is 1. The van der Waals surface area contributed by atoms with Crippen molar-refractivity contribution in [1.29, 1.82) is 0 Å². The number of carbonyl (C=O) groups is 2. The highest BCUT2D eigenvalue weighted by atomic mass is 35.5. The normalized spacial score (nSPS) is 21.5. The Labute approximate surface area is 115 Å². The zero-order valence-electron chi connectivity index (χ0n) is 10.5. The molecule has 1 aliphatic heterocycles. The minimum atomic E-state index is -1.69. The first-order valence-corrected chi connectivity index (χ1v) is 5.98. The number of carbonyl (C=O) groups excluding carboxylic acids is 2. The van der Waals surface area contributed by atoms with E-state index in [0.717, 1.165) is 0 Å². The van der Waals surface area contributed by atoms with Gasteiger partial charge in [-0.1, -0.05) is 35.0 Å². The van der Waals surface area contributed by atoms with E-state index in [0.29, 0.717) is 16.3 Å². The van der Waals surface area contributed by atoms with E-state index in [2.05, 4.69) is 9.89 Å². The fourth-order valence-corrected chi connectivity index (χ4v) is 2.12. The molecule has 0 aromatic heterocycles. The molecular weight excluding hydrogens is 270 g/mol. The number of hydrogen-bond donors (Lipinski definition) is 0. The molecule has 0 aliphatic carbocycles. The van der Waals surface area contributed by atoms with Crippen LogP contribution in [0.4, 0.5) is 0 Å². The molecule has 0 fully saturated rings. The van der Waals surface area contributed by atoms with E-state index in [-0.39, 0.29) is 6.42 Å². The average molecular weight is 282 g/mol. The number of rotatable bonds is 3. The number of methoxy groups -OCH3 is 1. The third kappa shape index (κ3) is 2.21. The molecule has 1 aromatic carbocycles. The first kappa shape index (κ1) is 13.5. The van der Waals surface area contributed by atoms with Gasteiger partial charge < -0.3 is 9.57 Å². The SMILES string of the molecule is COC(=O)C1(C(C)=O)CC(c2ccccc2Cl)=NO1. The smallest absolute Gasteiger partial charge is 0.361 e. The van der Waals surface area contributed by atoms with Gasteiger partial charge in [0.1, 0.15) is 0 Å². The number of ether oxygens (including phenoxy) is 1. The number of benzene rings is 1. The van der Waals surface area contributed by atoms with E-state index < -0.39 is 17.4 Å². The summed E-state index contributed by atoms with van der Waals surface area (Å²) in [4.78, 5) is 28.5. The molecule has 2 rings (SSSR count). The van der Waals surface area contributed by atoms with E-state index in [1.807, 2.05) is 0 Å². The highest BCUT2D eigenvalue weighted by Crippen LogP contribution is 2.31. The Bertz CT molecular complexity index is 570. The molecule has 19 heavy (non-hydrogen) atoms. The summed E-state index contributed by atoms with van der Waals surface area (Å²) >= 11 is 6.05. The summed E-state index contributed by atoms with van der Waals surface area (Å²) in [6.07, 6.45) is 0.0126. The van der Waals surface area contributed by atoms with Crippen molar-refractivity contribution in [3.05, 3.63) is 34.9 Å². The van der Waals surface area contributed by atoms with Crippen LogP contribution in [0.2, 0.25) is 5.02 Å². The topological polar surface area (TPSA) is 65.0 Å². The predicted octanol–water partition coefficient (Wildman–Crippen LogP) is 1.97. The fraction of sp³-hybridized carbons (Fsp3) is 0.308. The molecule has 1 aliphatic rings. The van der Waals surface area contributed by atoms with Crippen LogP contribution in [0.3, 0.4) is 0 Å². The van der Waals surface area contributed by atoms with Gasteiger partial charge in [-0.05, 0) is 13.0 Å². The molecule has 5 nitrogen and oxygen atoms in total. The summed E-state index contributed by atoms with van der Waals surface area (Å²) in [5.74, 6) is -1.21. The number of esters is 1. The van der Waals surface area contributed by atoms with Gasteiger partial charge in [-0.3, -0.25) is 4.79 Å². The fourth-order valence-electron chi connectivity index (χ4n) is 1.88. The van der Waals surface area contributed by atoms with Gasteiger partial charge in [0.25, 0.3) is 5.60 Å². The molecule has 0 saturated heterocycles. The maximum atomic E-state index is 11.8. The maximum Gasteiger partial charge on any atom is 0.361 e.